The molecule has 19 heavy (non-hydrogen) atoms. The van der Waals surface area contributed by atoms with E-state index in [0.717, 1.165) is 17.8 Å². The zero-order chi connectivity index (χ0) is 13.5. The molecule has 0 spiro atoms. The second-order valence-electron chi connectivity index (χ2n) is 6.65. The summed E-state index contributed by atoms with van der Waals surface area (Å²) in [5, 5.41) is 0. The highest BCUT2D eigenvalue weighted by molar-refractivity contribution is 5.02. The van der Waals surface area contributed by atoms with Crippen molar-refractivity contribution in [2.24, 2.45) is 23.7 Å². The van der Waals surface area contributed by atoms with Gasteiger partial charge < -0.3 is 0 Å². The molecule has 0 aromatic carbocycles. The van der Waals surface area contributed by atoms with Crippen LogP contribution in [0.1, 0.15) is 71.1 Å². The summed E-state index contributed by atoms with van der Waals surface area (Å²) < 4.78 is 0. The maximum absolute atomic E-state index is 3.84. The van der Waals surface area contributed by atoms with Crippen LogP contribution in [0.4, 0.5) is 0 Å². The van der Waals surface area contributed by atoms with Crippen LogP contribution < -0.4 is 0 Å². The third-order valence-electron chi connectivity index (χ3n) is 5.46. The predicted molar refractivity (Wildman–Crippen MR) is 83.8 cm³/mol. The van der Waals surface area contributed by atoms with Crippen LogP contribution in [-0.4, -0.2) is 0 Å². The van der Waals surface area contributed by atoms with Crippen LogP contribution in [0, 0.1) is 35.5 Å². The van der Waals surface area contributed by atoms with Crippen LogP contribution in [0.3, 0.4) is 0 Å². The summed E-state index contributed by atoms with van der Waals surface area (Å²) in [5.41, 5.74) is 0. The summed E-state index contributed by atoms with van der Waals surface area (Å²) in [5.74, 6) is 10.2. The fourth-order valence-electron chi connectivity index (χ4n) is 4.24. The highest BCUT2D eigenvalue weighted by Gasteiger charge is 2.30. The SMILES string of the molecule is C=CCC[C@H]1CC[C@H]([C@H]2CC[C@H](C#CC)CC2)CC1. The molecule has 0 N–H and O–H groups in total. The lowest BCUT2D eigenvalue weighted by atomic mass is 9.69. The fourth-order valence-corrected chi connectivity index (χ4v) is 4.24. The molecule has 0 aromatic rings. The van der Waals surface area contributed by atoms with E-state index in [-0.39, 0.29) is 0 Å². The van der Waals surface area contributed by atoms with Gasteiger partial charge in [-0.3, -0.25) is 0 Å². The molecule has 0 nitrogen and oxygen atoms in total. The Morgan fingerprint density at radius 3 is 2.05 bits per heavy atom. The van der Waals surface area contributed by atoms with Crippen molar-refractivity contribution in [3.63, 3.8) is 0 Å². The van der Waals surface area contributed by atoms with E-state index in [1.165, 1.54) is 64.2 Å². The molecule has 0 heterocycles. The van der Waals surface area contributed by atoms with Crippen molar-refractivity contribution in [3.8, 4) is 11.8 Å². The van der Waals surface area contributed by atoms with E-state index in [1.807, 2.05) is 6.92 Å². The molecule has 2 rings (SSSR count). The van der Waals surface area contributed by atoms with Crippen molar-refractivity contribution in [1.29, 1.82) is 0 Å². The van der Waals surface area contributed by atoms with Crippen molar-refractivity contribution in [2.75, 3.05) is 0 Å². The normalized spacial score (nSPS) is 35.2. The first-order chi connectivity index (χ1) is 9.33. The molecule has 2 fully saturated rings. The molecular formula is C19H30. The Bertz CT molecular complexity index is 314. The van der Waals surface area contributed by atoms with Gasteiger partial charge in [0.15, 0.2) is 0 Å². The second kappa shape index (κ2) is 7.78. The molecule has 0 aromatic heterocycles. The third kappa shape index (κ3) is 4.41. The maximum Gasteiger partial charge on any atom is 0.0203 e. The molecule has 0 atom stereocenters. The highest BCUT2D eigenvalue weighted by atomic mass is 14.3. The Hall–Kier alpha value is -0.700. The molecule has 106 valence electrons. The van der Waals surface area contributed by atoms with Gasteiger partial charge in [-0.25, -0.2) is 0 Å². The Kier molecular flexibility index (Phi) is 6.02. The molecule has 0 aliphatic heterocycles. The van der Waals surface area contributed by atoms with Gasteiger partial charge >= 0.3 is 0 Å². The van der Waals surface area contributed by atoms with Crippen molar-refractivity contribution >= 4 is 0 Å². The van der Waals surface area contributed by atoms with Crippen molar-refractivity contribution in [3.05, 3.63) is 12.7 Å². The van der Waals surface area contributed by atoms with Crippen LogP contribution in [-0.2, 0) is 0 Å². The Morgan fingerprint density at radius 1 is 0.947 bits per heavy atom. The van der Waals surface area contributed by atoms with Crippen molar-refractivity contribution in [1.82, 2.24) is 0 Å². The van der Waals surface area contributed by atoms with Gasteiger partial charge in [0.25, 0.3) is 0 Å². The zero-order valence-electron chi connectivity index (χ0n) is 12.7. The van der Waals surface area contributed by atoms with Gasteiger partial charge in [-0.15, -0.1) is 18.4 Å². The maximum atomic E-state index is 3.84. The van der Waals surface area contributed by atoms with E-state index in [4.69, 9.17) is 0 Å². The molecule has 0 amide bonds. The number of hydrogen-bond donors (Lipinski definition) is 0. The van der Waals surface area contributed by atoms with Gasteiger partial charge in [-0.2, -0.15) is 0 Å². The standard InChI is InChI=1S/C19H30/c1-3-5-7-17-10-14-19(15-11-17)18-12-8-16(6-4-2)9-13-18/h3,16-19H,1,5,7-15H2,2H3/t16-,17-,18-,19-. The predicted octanol–water partition coefficient (Wildman–Crippen LogP) is 5.59. The minimum atomic E-state index is 0.713. The number of allylic oxidation sites excluding steroid dienone is 1. The zero-order valence-corrected chi connectivity index (χ0v) is 12.7. The molecule has 0 saturated heterocycles. The lowest BCUT2D eigenvalue weighted by molar-refractivity contribution is 0.154. The number of rotatable bonds is 4. The minimum Gasteiger partial charge on any atom is -0.106 e. The van der Waals surface area contributed by atoms with Crippen LogP contribution in [0.15, 0.2) is 12.7 Å². The summed E-state index contributed by atoms with van der Waals surface area (Å²) in [6, 6.07) is 0. The van der Waals surface area contributed by atoms with Gasteiger partial charge in [0.1, 0.15) is 0 Å². The van der Waals surface area contributed by atoms with Crippen molar-refractivity contribution in [2.45, 2.75) is 71.1 Å². The Morgan fingerprint density at radius 2 is 1.53 bits per heavy atom. The quantitative estimate of drug-likeness (QED) is 0.455. The van der Waals surface area contributed by atoms with Crippen LogP contribution in [0.25, 0.3) is 0 Å². The molecule has 2 aliphatic rings. The monoisotopic (exact) mass is 258 g/mol. The fraction of sp³-hybridized carbons (Fsp3) is 0.789. The third-order valence-corrected chi connectivity index (χ3v) is 5.46. The van der Waals surface area contributed by atoms with Gasteiger partial charge in [0, 0.05) is 5.92 Å². The lowest BCUT2D eigenvalue weighted by Gasteiger charge is -2.37. The second-order valence-corrected chi connectivity index (χ2v) is 6.65. The lowest BCUT2D eigenvalue weighted by Crippen LogP contribution is -2.25. The van der Waals surface area contributed by atoms with E-state index in [2.05, 4.69) is 24.5 Å². The summed E-state index contributed by atoms with van der Waals surface area (Å²) in [4.78, 5) is 0. The van der Waals surface area contributed by atoms with Gasteiger partial charge in [0.2, 0.25) is 0 Å². The molecule has 0 radical (unpaired) electrons. The van der Waals surface area contributed by atoms with E-state index in [1.54, 1.807) is 0 Å². The molecule has 0 bridgehead atoms. The molecule has 0 heteroatoms. The van der Waals surface area contributed by atoms with Crippen LogP contribution in [0.5, 0.6) is 0 Å². The van der Waals surface area contributed by atoms with E-state index in [0.29, 0.717) is 5.92 Å². The molecule has 2 aliphatic carbocycles. The number of hydrogen-bond acceptors (Lipinski definition) is 0. The van der Waals surface area contributed by atoms with Gasteiger partial charge in [0.05, 0.1) is 0 Å². The summed E-state index contributed by atoms with van der Waals surface area (Å²) in [6.07, 6.45) is 16.3. The van der Waals surface area contributed by atoms with Gasteiger partial charge in [-0.05, 0) is 76.0 Å². The van der Waals surface area contributed by atoms with Crippen LogP contribution in [0.2, 0.25) is 0 Å². The molecule has 0 unspecified atom stereocenters. The summed E-state index contributed by atoms with van der Waals surface area (Å²) in [7, 11) is 0. The first kappa shape index (κ1) is 14.7. The Balaban J connectivity index is 1.70. The van der Waals surface area contributed by atoms with Crippen LogP contribution >= 0.6 is 0 Å². The largest absolute Gasteiger partial charge is 0.106 e. The highest BCUT2D eigenvalue weighted by Crippen LogP contribution is 2.42. The first-order valence-electron chi connectivity index (χ1n) is 8.36. The van der Waals surface area contributed by atoms with Crippen molar-refractivity contribution < 1.29 is 0 Å². The molecular weight excluding hydrogens is 228 g/mol. The van der Waals surface area contributed by atoms with Gasteiger partial charge in [-0.1, -0.05) is 18.9 Å². The topological polar surface area (TPSA) is 0 Å². The summed E-state index contributed by atoms with van der Waals surface area (Å²) in [6.45, 7) is 5.83. The molecule has 2 saturated carbocycles. The average Bonchev–Trinajstić information content (AvgIpc) is 2.47. The first-order valence-corrected chi connectivity index (χ1v) is 8.36. The van der Waals surface area contributed by atoms with E-state index < -0.39 is 0 Å². The summed E-state index contributed by atoms with van der Waals surface area (Å²) >= 11 is 0. The van der Waals surface area contributed by atoms with E-state index in [9.17, 15) is 0 Å². The minimum absolute atomic E-state index is 0.713. The average molecular weight is 258 g/mol. The van der Waals surface area contributed by atoms with E-state index >= 15 is 0 Å². The Labute approximate surface area is 120 Å². The smallest absolute Gasteiger partial charge is 0.0203 e.